The molecule has 0 unspecified atom stereocenters. The molecule has 0 aliphatic rings. The molecule has 0 aromatic heterocycles. The molecule has 0 radical (unpaired) electrons. The van der Waals surface area contributed by atoms with E-state index in [-0.39, 0.29) is 22.1 Å². The largest absolute Gasteiger partial charge is 0.446 e. The lowest BCUT2D eigenvalue weighted by Gasteiger charge is -2.20. The third-order valence-electron chi connectivity index (χ3n) is 2.34. The molecule has 0 aliphatic carbocycles. The molecule has 88 valence electrons. The lowest BCUT2D eigenvalue weighted by Crippen LogP contribution is -2.12. The third-order valence-corrected chi connectivity index (χ3v) is 3.08. The zero-order chi connectivity index (χ0) is 12.4. The molecule has 0 spiro atoms. The molecule has 0 amide bonds. The molecular formula is C12H13F3S. The van der Waals surface area contributed by atoms with Gasteiger partial charge in [-0.05, 0) is 29.5 Å². The molecule has 0 bridgehead atoms. The second-order valence-corrected chi connectivity index (χ2v) is 5.14. The highest BCUT2D eigenvalue weighted by atomic mass is 32.2. The Morgan fingerprint density at radius 2 is 1.62 bits per heavy atom. The first kappa shape index (κ1) is 13.2. The number of alkyl halides is 3. The van der Waals surface area contributed by atoms with Gasteiger partial charge in [0.15, 0.2) is 0 Å². The van der Waals surface area contributed by atoms with E-state index in [1.165, 1.54) is 12.1 Å². The summed E-state index contributed by atoms with van der Waals surface area (Å²) >= 11 is -0.0982. The van der Waals surface area contributed by atoms with Gasteiger partial charge in [-0.25, -0.2) is 0 Å². The van der Waals surface area contributed by atoms with Gasteiger partial charge in [0.25, 0.3) is 0 Å². The summed E-state index contributed by atoms with van der Waals surface area (Å²) in [4.78, 5) is 0.205. The van der Waals surface area contributed by atoms with Crippen molar-refractivity contribution < 1.29 is 13.2 Å². The van der Waals surface area contributed by atoms with Gasteiger partial charge in [0.2, 0.25) is 0 Å². The Balaban J connectivity index is 2.88. The summed E-state index contributed by atoms with van der Waals surface area (Å²) in [6.07, 6.45) is 1.78. The molecule has 0 N–H and O–H groups in total. The molecule has 4 heteroatoms. The zero-order valence-corrected chi connectivity index (χ0v) is 9.95. The predicted molar refractivity (Wildman–Crippen MR) is 61.6 cm³/mol. The Morgan fingerprint density at radius 1 is 1.12 bits per heavy atom. The van der Waals surface area contributed by atoms with E-state index < -0.39 is 5.51 Å². The first-order chi connectivity index (χ1) is 7.24. The van der Waals surface area contributed by atoms with E-state index >= 15 is 0 Å². The minimum Gasteiger partial charge on any atom is -0.160 e. The van der Waals surface area contributed by atoms with E-state index in [1.807, 2.05) is 13.8 Å². The lowest BCUT2D eigenvalue weighted by molar-refractivity contribution is -0.0328. The van der Waals surface area contributed by atoms with Crippen molar-refractivity contribution in [2.45, 2.75) is 29.7 Å². The summed E-state index contributed by atoms with van der Waals surface area (Å²) in [7, 11) is 0. The van der Waals surface area contributed by atoms with Crippen molar-refractivity contribution in [1.82, 2.24) is 0 Å². The molecule has 1 aromatic carbocycles. The highest BCUT2D eigenvalue weighted by Crippen LogP contribution is 2.37. The predicted octanol–water partition coefficient (Wildman–Crippen LogP) is 4.76. The van der Waals surface area contributed by atoms with Crippen LogP contribution in [0.4, 0.5) is 13.2 Å². The molecular weight excluding hydrogens is 233 g/mol. The van der Waals surface area contributed by atoms with Crippen LogP contribution >= 0.6 is 11.8 Å². The smallest absolute Gasteiger partial charge is 0.160 e. The standard InChI is InChI=1S/C12H13F3S/c1-4-11(2,3)9-5-7-10(8-6-9)16-12(13,14)15/h4-8H,1H2,2-3H3. The van der Waals surface area contributed by atoms with E-state index in [9.17, 15) is 13.2 Å². The van der Waals surface area contributed by atoms with Crippen LogP contribution < -0.4 is 0 Å². The summed E-state index contributed by atoms with van der Waals surface area (Å²) in [5.41, 5.74) is -3.49. The van der Waals surface area contributed by atoms with Gasteiger partial charge in [0.1, 0.15) is 0 Å². The van der Waals surface area contributed by atoms with E-state index in [0.717, 1.165) is 5.56 Å². The number of hydrogen-bond donors (Lipinski definition) is 0. The second kappa shape index (κ2) is 4.53. The molecule has 0 fully saturated rings. The number of rotatable bonds is 3. The van der Waals surface area contributed by atoms with Crippen LogP contribution in [-0.2, 0) is 5.41 Å². The van der Waals surface area contributed by atoms with E-state index in [4.69, 9.17) is 0 Å². The van der Waals surface area contributed by atoms with E-state index in [1.54, 1.807) is 18.2 Å². The van der Waals surface area contributed by atoms with Crippen LogP contribution in [0.1, 0.15) is 19.4 Å². The van der Waals surface area contributed by atoms with Crippen LogP contribution in [0.15, 0.2) is 41.8 Å². The summed E-state index contributed by atoms with van der Waals surface area (Å²) in [5, 5.41) is 0. The van der Waals surface area contributed by atoms with Crippen molar-refractivity contribution in [2.24, 2.45) is 0 Å². The number of benzene rings is 1. The molecule has 0 saturated heterocycles. The van der Waals surface area contributed by atoms with E-state index in [0.29, 0.717) is 0 Å². The van der Waals surface area contributed by atoms with Gasteiger partial charge in [0, 0.05) is 10.3 Å². The molecule has 0 aliphatic heterocycles. The highest BCUT2D eigenvalue weighted by molar-refractivity contribution is 8.00. The van der Waals surface area contributed by atoms with Gasteiger partial charge < -0.3 is 0 Å². The van der Waals surface area contributed by atoms with Crippen molar-refractivity contribution in [1.29, 1.82) is 0 Å². The van der Waals surface area contributed by atoms with Crippen LogP contribution in [0.2, 0.25) is 0 Å². The summed E-state index contributed by atoms with van der Waals surface area (Å²) in [5.74, 6) is 0. The maximum Gasteiger partial charge on any atom is 0.446 e. The molecule has 0 saturated carbocycles. The Kier molecular flexibility index (Phi) is 3.73. The van der Waals surface area contributed by atoms with E-state index in [2.05, 4.69) is 6.58 Å². The first-order valence-corrected chi connectivity index (χ1v) is 5.56. The molecule has 1 aromatic rings. The normalized spacial score (nSPS) is 12.6. The topological polar surface area (TPSA) is 0 Å². The van der Waals surface area contributed by atoms with Crippen LogP contribution in [0.3, 0.4) is 0 Å². The third kappa shape index (κ3) is 3.59. The van der Waals surface area contributed by atoms with Crippen LogP contribution in [0.5, 0.6) is 0 Å². The quantitative estimate of drug-likeness (QED) is 0.547. The maximum absolute atomic E-state index is 12.1. The average molecular weight is 246 g/mol. The molecule has 0 heterocycles. The Hall–Kier alpha value is -0.900. The zero-order valence-electron chi connectivity index (χ0n) is 9.14. The van der Waals surface area contributed by atoms with Gasteiger partial charge in [-0.15, -0.1) is 6.58 Å². The number of thioether (sulfide) groups is 1. The van der Waals surface area contributed by atoms with Crippen LogP contribution in [0.25, 0.3) is 0 Å². The van der Waals surface area contributed by atoms with Crippen molar-refractivity contribution in [3.63, 3.8) is 0 Å². The summed E-state index contributed by atoms with van der Waals surface area (Å²) in [6, 6.07) is 6.38. The monoisotopic (exact) mass is 246 g/mol. The minimum atomic E-state index is -4.23. The summed E-state index contributed by atoms with van der Waals surface area (Å²) in [6.45, 7) is 7.63. The fourth-order valence-electron chi connectivity index (χ4n) is 1.20. The Morgan fingerprint density at radius 3 is 2.00 bits per heavy atom. The average Bonchev–Trinajstić information content (AvgIpc) is 2.16. The number of halogens is 3. The second-order valence-electron chi connectivity index (χ2n) is 4.00. The molecule has 16 heavy (non-hydrogen) atoms. The fraction of sp³-hybridized carbons (Fsp3) is 0.333. The van der Waals surface area contributed by atoms with Crippen molar-refractivity contribution in [3.8, 4) is 0 Å². The number of allylic oxidation sites excluding steroid dienone is 1. The van der Waals surface area contributed by atoms with Gasteiger partial charge in [-0.2, -0.15) is 13.2 Å². The summed E-state index contributed by atoms with van der Waals surface area (Å²) < 4.78 is 36.3. The fourth-order valence-corrected chi connectivity index (χ4v) is 1.74. The van der Waals surface area contributed by atoms with Gasteiger partial charge in [0.05, 0.1) is 0 Å². The first-order valence-electron chi connectivity index (χ1n) is 4.74. The van der Waals surface area contributed by atoms with Gasteiger partial charge >= 0.3 is 5.51 Å². The van der Waals surface area contributed by atoms with Crippen molar-refractivity contribution in [3.05, 3.63) is 42.5 Å². The van der Waals surface area contributed by atoms with Gasteiger partial charge in [-0.3, -0.25) is 0 Å². The Bertz CT molecular complexity index is 363. The SMILES string of the molecule is C=CC(C)(C)c1ccc(SC(F)(F)F)cc1. The van der Waals surface area contributed by atoms with Crippen molar-refractivity contribution >= 4 is 11.8 Å². The molecule has 1 rings (SSSR count). The van der Waals surface area contributed by atoms with Crippen LogP contribution in [-0.4, -0.2) is 5.51 Å². The molecule has 0 atom stereocenters. The lowest BCUT2D eigenvalue weighted by atomic mass is 9.85. The van der Waals surface area contributed by atoms with Crippen LogP contribution in [0, 0.1) is 0 Å². The Labute approximate surface area is 97.6 Å². The van der Waals surface area contributed by atoms with Crippen molar-refractivity contribution in [2.75, 3.05) is 0 Å². The highest BCUT2D eigenvalue weighted by Gasteiger charge is 2.29. The molecule has 0 nitrogen and oxygen atoms in total. The number of hydrogen-bond acceptors (Lipinski definition) is 1. The maximum atomic E-state index is 12.1. The minimum absolute atomic E-state index is 0.0982. The van der Waals surface area contributed by atoms with Gasteiger partial charge in [-0.1, -0.05) is 32.1 Å².